The number of rotatable bonds is 4. The highest BCUT2D eigenvalue weighted by Crippen LogP contribution is 2.17. The fraction of sp³-hybridized carbons (Fsp3) is 0.500. The van der Waals surface area contributed by atoms with Crippen LogP contribution in [0.2, 0.25) is 0 Å². The third-order valence-corrected chi connectivity index (χ3v) is 5.23. The topological polar surface area (TPSA) is 73.2 Å². The van der Waals surface area contributed by atoms with Crippen LogP contribution in [0.1, 0.15) is 24.0 Å². The summed E-state index contributed by atoms with van der Waals surface area (Å²) in [6, 6.07) is 6.87. The lowest BCUT2D eigenvalue weighted by Crippen LogP contribution is -2.38. The third-order valence-electron chi connectivity index (χ3n) is 3.81. The highest BCUT2D eigenvalue weighted by Gasteiger charge is 2.23. The number of nitrogens with one attached hydrogen (secondary N) is 1. The molecule has 0 saturated carbocycles. The lowest BCUT2D eigenvalue weighted by molar-refractivity contribution is 0.311. The lowest BCUT2D eigenvalue weighted by atomic mass is 10.1. The van der Waals surface area contributed by atoms with Gasteiger partial charge in [0, 0.05) is 12.6 Å². The largest absolute Gasteiger partial charge is 0.302 e. The number of aryl methyl sites for hydroxylation is 1. The maximum Gasteiger partial charge on any atom is 0.240 e. The van der Waals surface area contributed by atoms with Gasteiger partial charge in [-0.3, -0.25) is 0 Å². The molecule has 0 aromatic heterocycles. The highest BCUT2D eigenvalue weighted by atomic mass is 32.2. The first kappa shape index (κ1) is 15.0. The summed E-state index contributed by atoms with van der Waals surface area (Å²) in [5.41, 5.74) is 1.17. The Morgan fingerprint density at radius 3 is 2.80 bits per heavy atom. The van der Waals surface area contributed by atoms with E-state index in [4.69, 9.17) is 5.26 Å². The summed E-state index contributed by atoms with van der Waals surface area (Å²) in [7, 11) is -1.49. The molecule has 1 aliphatic heterocycles. The number of likely N-dealkylation sites (N-methyl/N-ethyl adjacent to an activating group) is 1. The molecular formula is C14H19N3O2S. The van der Waals surface area contributed by atoms with Crippen LogP contribution in [0.5, 0.6) is 0 Å². The smallest absolute Gasteiger partial charge is 0.240 e. The van der Waals surface area contributed by atoms with Crippen LogP contribution in [0, 0.1) is 18.3 Å². The molecule has 1 aliphatic rings. The number of nitrogens with zero attached hydrogens (tertiary/aromatic N) is 2. The van der Waals surface area contributed by atoms with Crippen LogP contribution in [-0.4, -0.2) is 39.5 Å². The SMILES string of the molecule is Cc1cc(S(=O)(=O)NCC2CCCN2C)ccc1C#N. The van der Waals surface area contributed by atoms with Gasteiger partial charge in [-0.1, -0.05) is 0 Å². The summed E-state index contributed by atoms with van der Waals surface area (Å²) in [6.07, 6.45) is 2.13. The van der Waals surface area contributed by atoms with E-state index < -0.39 is 10.0 Å². The van der Waals surface area contributed by atoms with Gasteiger partial charge >= 0.3 is 0 Å². The van der Waals surface area contributed by atoms with Crippen molar-refractivity contribution >= 4 is 10.0 Å². The van der Waals surface area contributed by atoms with E-state index >= 15 is 0 Å². The number of likely N-dealkylation sites (tertiary alicyclic amines) is 1. The molecule has 1 atom stereocenters. The number of nitriles is 1. The molecule has 0 bridgehead atoms. The Bertz CT molecular complexity index is 634. The van der Waals surface area contributed by atoms with Crippen LogP contribution < -0.4 is 4.72 Å². The summed E-state index contributed by atoms with van der Waals surface area (Å²) >= 11 is 0. The second-order valence-electron chi connectivity index (χ2n) is 5.22. The van der Waals surface area contributed by atoms with Gasteiger partial charge in [-0.25, -0.2) is 13.1 Å². The Morgan fingerprint density at radius 1 is 1.50 bits per heavy atom. The van der Waals surface area contributed by atoms with E-state index in [1.807, 2.05) is 13.1 Å². The minimum Gasteiger partial charge on any atom is -0.302 e. The van der Waals surface area contributed by atoms with Crippen molar-refractivity contribution in [1.82, 2.24) is 9.62 Å². The van der Waals surface area contributed by atoms with Crippen LogP contribution >= 0.6 is 0 Å². The van der Waals surface area contributed by atoms with Crippen molar-refractivity contribution in [1.29, 1.82) is 5.26 Å². The van der Waals surface area contributed by atoms with Crippen molar-refractivity contribution < 1.29 is 8.42 Å². The maximum atomic E-state index is 12.2. The van der Waals surface area contributed by atoms with Gasteiger partial charge in [-0.2, -0.15) is 5.26 Å². The van der Waals surface area contributed by atoms with Gasteiger partial charge in [0.1, 0.15) is 0 Å². The van der Waals surface area contributed by atoms with Crippen LogP contribution in [0.25, 0.3) is 0 Å². The van der Waals surface area contributed by atoms with E-state index in [1.54, 1.807) is 19.1 Å². The molecule has 0 aliphatic carbocycles. The van der Waals surface area contributed by atoms with E-state index in [1.165, 1.54) is 6.07 Å². The third kappa shape index (κ3) is 3.18. The average Bonchev–Trinajstić information content (AvgIpc) is 2.82. The van der Waals surface area contributed by atoms with Crippen molar-refractivity contribution in [2.24, 2.45) is 0 Å². The zero-order chi connectivity index (χ0) is 14.8. The number of benzene rings is 1. The van der Waals surface area contributed by atoms with E-state index in [-0.39, 0.29) is 10.9 Å². The van der Waals surface area contributed by atoms with Crippen LogP contribution in [0.3, 0.4) is 0 Å². The standard InChI is InChI=1S/C14H19N3O2S/c1-11-8-14(6-5-12(11)9-15)20(18,19)16-10-13-4-3-7-17(13)2/h5-6,8,13,16H,3-4,7,10H2,1-2H3. The molecule has 1 fully saturated rings. The van der Waals surface area contributed by atoms with Crippen LogP contribution in [0.4, 0.5) is 0 Å². The molecule has 1 unspecified atom stereocenters. The molecule has 0 spiro atoms. The molecule has 108 valence electrons. The fourth-order valence-electron chi connectivity index (χ4n) is 2.46. The molecule has 1 saturated heterocycles. The van der Waals surface area contributed by atoms with Crippen LogP contribution in [0.15, 0.2) is 23.1 Å². The van der Waals surface area contributed by atoms with E-state index in [0.717, 1.165) is 19.4 Å². The van der Waals surface area contributed by atoms with Crippen LogP contribution in [-0.2, 0) is 10.0 Å². The van der Waals surface area contributed by atoms with E-state index in [0.29, 0.717) is 17.7 Å². The predicted octanol–water partition coefficient (Wildman–Crippen LogP) is 1.24. The molecule has 1 N–H and O–H groups in total. The summed E-state index contributed by atoms with van der Waals surface area (Å²) in [6.45, 7) is 3.18. The van der Waals surface area contributed by atoms with Gasteiger partial charge in [0.25, 0.3) is 0 Å². The number of sulfonamides is 1. The predicted molar refractivity (Wildman–Crippen MR) is 76.7 cm³/mol. The Hall–Kier alpha value is -1.42. The van der Waals surface area contributed by atoms with Crippen molar-refractivity contribution in [2.45, 2.75) is 30.7 Å². The lowest BCUT2D eigenvalue weighted by Gasteiger charge is -2.19. The Morgan fingerprint density at radius 2 is 2.25 bits per heavy atom. The molecule has 1 aromatic rings. The molecule has 0 radical (unpaired) electrons. The minimum absolute atomic E-state index is 0.217. The molecule has 1 aromatic carbocycles. The number of hydrogen-bond donors (Lipinski definition) is 1. The average molecular weight is 293 g/mol. The minimum atomic E-state index is -3.50. The molecule has 20 heavy (non-hydrogen) atoms. The monoisotopic (exact) mass is 293 g/mol. The second-order valence-corrected chi connectivity index (χ2v) is 6.98. The Kier molecular flexibility index (Phi) is 4.43. The number of hydrogen-bond acceptors (Lipinski definition) is 4. The van der Waals surface area contributed by atoms with Gasteiger partial charge < -0.3 is 4.90 Å². The molecule has 6 heteroatoms. The van der Waals surface area contributed by atoms with Gasteiger partial charge in [0.05, 0.1) is 16.5 Å². The normalized spacial score (nSPS) is 19.9. The van der Waals surface area contributed by atoms with Gasteiger partial charge in [0.2, 0.25) is 10.0 Å². The quantitative estimate of drug-likeness (QED) is 0.906. The first-order chi connectivity index (χ1) is 9.44. The zero-order valence-electron chi connectivity index (χ0n) is 11.8. The Balaban J connectivity index is 2.10. The van der Waals surface area contributed by atoms with Gasteiger partial charge in [0.15, 0.2) is 0 Å². The molecular weight excluding hydrogens is 274 g/mol. The fourth-order valence-corrected chi connectivity index (χ4v) is 3.61. The van der Waals surface area contributed by atoms with Gasteiger partial charge in [-0.05, 0) is 57.1 Å². The first-order valence-corrected chi connectivity index (χ1v) is 8.13. The molecule has 0 amide bonds. The molecule has 2 rings (SSSR count). The summed E-state index contributed by atoms with van der Waals surface area (Å²) in [5.74, 6) is 0. The van der Waals surface area contributed by atoms with E-state index in [9.17, 15) is 8.42 Å². The van der Waals surface area contributed by atoms with Crippen molar-refractivity contribution in [3.63, 3.8) is 0 Å². The summed E-state index contributed by atoms with van der Waals surface area (Å²) < 4.78 is 27.1. The van der Waals surface area contributed by atoms with Crippen molar-refractivity contribution in [3.05, 3.63) is 29.3 Å². The van der Waals surface area contributed by atoms with Crippen molar-refractivity contribution in [3.8, 4) is 6.07 Å². The maximum absolute atomic E-state index is 12.2. The highest BCUT2D eigenvalue weighted by molar-refractivity contribution is 7.89. The summed E-state index contributed by atoms with van der Waals surface area (Å²) in [5, 5.41) is 8.87. The Labute approximate surface area is 120 Å². The van der Waals surface area contributed by atoms with Gasteiger partial charge in [-0.15, -0.1) is 0 Å². The molecule has 1 heterocycles. The molecule has 5 nitrogen and oxygen atoms in total. The summed E-state index contributed by atoms with van der Waals surface area (Å²) in [4.78, 5) is 2.39. The second kappa shape index (κ2) is 5.92. The van der Waals surface area contributed by atoms with E-state index in [2.05, 4.69) is 9.62 Å². The first-order valence-electron chi connectivity index (χ1n) is 6.64. The zero-order valence-corrected chi connectivity index (χ0v) is 12.6. The van der Waals surface area contributed by atoms with Crippen molar-refractivity contribution in [2.75, 3.05) is 20.1 Å².